The fourth-order valence-electron chi connectivity index (χ4n) is 2.69. The van der Waals surface area contributed by atoms with Crippen molar-refractivity contribution in [1.29, 1.82) is 0 Å². The Morgan fingerprint density at radius 3 is 2.53 bits per heavy atom. The van der Waals surface area contributed by atoms with Crippen LogP contribution in [0.15, 0.2) is 0 Å². The molecule has 17 heavy (non-hydrogen) atoms. The van der Waals surface area contributed by atoms with Crippen LogP contribution in [0.5, 0.6) is 0 Å². The Hall–Kier alpha value is 0.310. The summed E-state index contributed by atoms with van der Waals surface area (Å²) < 4.78 is 0. The monoisotopic (exact) mass is 257 g/mol. The maximum atomic E-state index is 3.83. The van der Waals surface area contributed by atoms with Crippen molar-refractivity contribution < 1.29 is 0 Å². The molecule has 0 saturated carbocycles. The van der Waals surface area contributed by atoms with E-state index < -0.39 is 0 Å². The normalized spacial score (nSPS) is 26.1. The van der Waals surface area contributed by atoms with E-state index in [1.54, 1.807) is 0 Å². The molecule has 1 aliphatic heterocycles. The van der Waals surface area contributed by atoms with Crippen molar-refractivity contribution in [2.45, 2.75) is 72.4 Å². The minimum absolute atomic E-state index is 0.526. The van der Waals surface area contributed by atoms with Crippen LogP contribution in [0, 0.1) is 11.3 Å². The second kappa shape index (κ2) is 7.04. The van der Waals surface area contributed by atoms with E-state index in [1.165, 1.54) is 37.2 Å². The smallest absolute Gasteiger partial charge is 0.0166 e. The van der Waals surface area contributed by atoms with Gasteiger partial charge in [0.15, 0.2) is 0 Å². The molecule has 0 aromatic rings. The highest BCUT2D eigenvalue weighted by molar-refractivity contribution is 7.99. The van der Waals surface area contributed by atoms with Crippen LogP contribution in [0.25, 0.3) is 0 Å². The molecule has 102 valence electrons. The highest BCUT2D eigenvalue weighted by Gasteiger charge is 2.28. The first kappa shape index (κ1) is 15.4. The van der Waals surface area contributed by atoms with Gasteiger partial charge in [-0.05, 0) is 36.9 Å². The lowest BCUT2D eigenvalue weighted by atomic mass is 9.87. The zero-order valence-corrected chi connectivity index (χ0v) is 13.2. The van der Waals surface area contributed by atoms with Crippen LogP contribution in [0.2, 0.25) is 0 Å². The standard InChI is InChI=1S/C15H31NS/c1-12(2)7-6-8-13(3)16-14-9-15(4,5)11-17-10-14/h12-14,16H,6-11H2,1-5H3. The van der Waals surface area contributed by atoms with Crippen molar-refractivity contribution in [3.05, 3.63) is 0 Å². The minimum atomic E-state index is 0.526. The molecule has 0 radical (unpaired) electrons. The molecular formula is C15H31NS. The number of thioether (sulfide) groups is 1. The Morgan fingerprint density at radius 1 is 1.24 bits per heavy atom. The lowest BCUT2D eigenvalue weighted by molar-refractivity contribution is 0.297. The predicted molar refractivity (Wildman–Crippen MR) is 80.8 cm³/mol. The van der Waals surface area contributed by atoms with Crippen LogP contribution in [0.1, 0.15) is 60.3 Å². The van der Waals surface area contributed by atoms with E-state index in [4.69, 9.17) is 0 Å². The minimum Gasteiger partial charge on any atom is -0.311 e. The first-order chi connectivity index (χ1) is 7.89. The third kappa shape index (κ3) is 6.71. The van der Waals surface area contributed by atoms with Crippen molar-refractivity contribution in [3.8, 4) is 0 Å². The molecule has 0 spiro atoms. The Bertz CT molecular complexity index is 213. The molecule has 2 atom stereocenters. The van der Waals surface area contributed by atoms with Gasteiger partial charge < -0.3 is 5.32 Å². The number of hydrogen-bond donors (Lipinski definition) is 1. The first-order valence-electron chi connectivity index (χ1n) is 7.23. The van der Waals surface area contributed by atoms with E-state index >= 15 is 0 Å². The zero-order chi connectivity index (χ0) is 12.9. The van der Waals surface area contributed by atoms with Gasteiger partial charge in [-0.15, -0.1) is 0 Å². The lowest BCUT2D eigenvalue weighted by Gasteiger charge is -2.36. The van der Waals surface area contributed by atoms with Crippen LogP contribution in [-0.2, 0) is 0 Å². The summed E-state index contributed by atoms with van der Waals surface area (Å²) in [6, 6.07) is 1.42. The van der Waals surface area contributed by atoms with E-state index in [2.05, 4.69) is 51.7 Å². The fraction of sp³-hybridized carbons (Fsp3) is 1.00. The molecular weight excluding hydrogens is 226 g/mol. The second-order valence-electron chi connectivity index (χ2n) is 6.97. The topological polar surface area (TPSA) is 12.0 Å². The van der Waals surface area contributed by atoms with Gasteiger partial charge in [0.2, 0.25) is 0 Å². The second-order valence-corrected chi connectivity index (χ2v) is 8.00. The van der Waals surface area contributed by atoms with Crippen LogP contribution in [0.4, 0.5) is 0 Å². The maximum Gasteiger partial charge on any atom is 0.0166 e. The average Bonchev–Trinajstić information content (AvgIpc) is 2.14. The van der Waals surface area contributed by atoms with E-state index in [9.17, 15) is 0 Å². The van der Waals surface area contributed by atoms with Crippen LogP contribution in [0.3, 0.4) is 0 Å². The van der Waals surface area contributed by atoms with Gasteiger partial charge in [0.05, 0.1) is 0 Å². The molecule has 1 aliphatic rings. The highest BCUT2D eigenvalue weighted by Crippen LogP contribution is 2.33. The molecule has 0 amide bonds. The zero-order valence-electron chi connectivity index (χ0n) is 12.4. The third-order valence-corrected chi connectivity index (χ3v) is 5.17. The summed E-state index contributed by atoms with van der Waals surface area (Å²) >= 11 is 2.12. The molecule has 1 nitrogen and oxygen atoms in total. The van der Waals surface area contributed by atoms with Crippen LogP contribution < -0.4 is 5.32 Å². The van der Waals surface area contributed by atoms with Crippen molar-refractivity contribution >= 4 is 11.8 Å². The highest BCUT2D eigenvalue weighted by atomic mass is 32.2. The van der Waals surface area contributed by atoms with E-state index in [-0.39, 0.29) is 0 Å². The molecule has 2 unspecified atom stereocenters. The number of rotatable bonds is 6. The van der Waals surface area contributed by atoms with E-state index in [1.807, 2.05) is 0 Å². The average molecular weight is 257 g/mol. The molecule has 1 N–H and O–H groups in total. The Morgan fingerprint density at radius 2 is 1.94 bits per heavy atom. The summed E-state index contributed by atoms with van der Waals surface area (Å²) in [6.07, 6.45) is 5.42. The Labute approximate surface area is 113 Å². The summed E-state index contributed by atoms with van der Waals surface area (Å²) in [5.41, 5.74) is 0.526. The molecule has 1 heterocycles. The molecule has 1 rings (SSSR count). The molecule has 0 aromatic carbocycles. The summed E-state index contributed by atoms with van der Waals surface area (Å²) in [6.45, 7) is 11.8. The summed E-state index contributed by atoms with van der Waals surface area (Å²) in [5, 5.41) is 3.83. The van der Waals surface area contributed by atoms with Gasteiger partial charge in [0.1, 0.15) is 0 Å². The molecule has 0 aromatic heterocycles. The van der Waals surface area contributed by atoms with E-state index in [0.29, 0.717) is 11.5 Å². The van der Waals surface area contributed by atoms with Gasteiger partial charge in [-0.25, -0.2) is 0 Å². The summed E-state index contributed by atoms with van der Waals surface area (Å²) in [7, 11) is 0. The molecule has 2 heteroatoms. The lowest BCUT2D eigenvalue weighted by Crippen LogP contribution is -2.44. The van der Waals surface area contributed by atoms with Crippen molar-refractivity contribution in [2.75, 3.05) is 11.5 Å². The molecule has 1 saturated heterocycles. The first-order valence-corrected chi connectivity index (χ1v) is 8.38. The Kier molecular flexibility index (Phi) is 6.36. The van der Waals surface area contributed by atoms with Gasteiger partial charge in [0, 0.05) is 17.8 Å². The SMILES string of the molecule is CC(C)CCCC(C)NC1CSCC(C)(C)C1. The fourth-order valence-corrected chi connectivity index (χ4v) is 3.97. The van der Waals surface area contributed by atoms with Crippen molar-refractivity contribution in [3.63, 3.8) is 0 Å². The van der Waals surface area contributed by atoms with Crippen LogP contribution >= 0.6 is 11.8 Å². The van der Waals surface area contributed by atoms with Gasteiger partial charge in [0.25, 0.3) is 0 Å². The van der Waals surface area contributed by atoms with Gasteiger partial charge >= 0.3 is 0 Å². The Balaban J connectivity index is 2.19. The number of nitrogens with one attached hydrogen (secondary N) is 1. The maximum absolute atomic E-state index is 3.83. The molecule has 0 bridgehead atoms. The van der Waals surface area contributed by atoms with Gasteiger partial charge in [-0.3, -0.25) is 0 Å². The predicted octanol–water partition coefficient (Wildman–Crippen LogP) is 4.32. The molecule has 1 fully saturated rings. The largest absolute Gasteiger partial charge is 0.311 e. The molecule has 0 aliphatic carbocycles. The van der Waals surface area contributed by atoms with Crippen molar-refractivity contribution in [1.82, 2.24) is 5.32 Å². The van der Waals surface area contributed by atoms with E-state index in [0.717, 1.165) is 12.0 Å². The summed E-state index contributed by atoms with van der Waals surface area (Å²) in [4.78, 5) is 0. The number of hydrogen-bond acceptors (Lipinski definition) is 2. The van der Waals surface area contributed by atoms with Crippen LogP contribution in [-0.4, -0.2) is 23.6 Å². The third-order valence-electron chi connectivity index (χ3n) is 3.55. The van der Waals surface area contributed by atoms with Crippen molar-refractivity contribution in [2.24, 2.45) is 11.3 Å². The quantitative estimate of drug-likeness (QED) is 0.760. The summed E-state index contributed by atoms with van der Waals surface area (Å²) in [5.74, 6) is 3.48. The van der Waals surface area contributed by atoms with Gasteiger partial charge in [-0.2, -0.15) is 11.8 Å². The van der Waals surface area contributed by atoms with Gasteiger partial charge in [-0.1, -0.05) is 40.5 Å².